The Morgan fingerprint density at radius 3 is 1.93 bits per heavy atom. The summed E-state index contributed by atoms with van der Waals surface area (Å²) in [4.78, 5) is 8.95. The average molecular weight is 216 g/mol. The molecule has 82 valence electrons. The summed E-state index contributed by atoms with van der Waals surface area (Å²) in [6.07, 6.45) is -3.23. The minimum atomic E-state index is -3.23. The third kappa shape index (κ3) is 6.14. The largest absolute Gasteiger partial charge is 0.477 e. The van der Waals surface area contributed by atoms with Gasteiger partial charge in [0.05, 0.1) is 0 Å². The van der Waals surface area contributed by atoms with Crippen molar-refractivity contribution in [2.45, 2.75) is 6.43 Å². The summed E-state index contributed by atoms with van der Waals surface area (Å²) in [7, 11) is 0. The lowest BCUT2D eigenvalue weighted by atomic mass is 10.2. The molecule has 0 heterocycles. The van der Waals surface area contributed by atoms with Gasteiger partial charge in [-0.05, 0) is 0 Å². The molecule has 0 spiro atoms. The molecule has 0 saturated carbocycles. The van der Waals surface area contributed by atoms with Gasteiger partial charge in [0.1, 0.15) is 5.84 Å². The van der Waals surface area contributed by atoms with E-state index in [2.05, 4.69) is 0 Å². The van der Waals surface area contributed by atoms with Crippen LogP contribution in [0.5, 0.6) is 0 Å². The van der Waals surface area contributed by atoms with Crippen LogP contribution in [0, 0.1) is 5.41 Å². The summed E-state index contributed by atoms with van der Waals surface area (Å²) in [5, 5.41) is 14.3. The van der Waals surface area contributed by atoms with Crippen LogP contribution in [0.4, 0.5) is 8.78 Å². The van der Waals surface area contributed by atoms with Gasteiger partial charge in [-0.1, -0.05) is 30.3 Å². The first kappa shape index (κ1) is 13.0. The Labute approximate surface area is 84.8 Å². The fraction of sp³-hybridized carbons (Fsp3) is 0.111. The summed E-state index contributed by atoms with van der Waals surface area (Å²) < 4.78 is 21.1. The van der Waals surface area contributed by atoms with E-state index in [1.54, 1.807) is 0 Å². The van der Waals surface area contributed by atoms with Crippen molar-refractivity contribution < 1.29 is 18.7 Å². The Hall–Kier alpha value is -1.98. The van der Waals surface area contributed by atoms with Crippen molar-refractivity contribution >= 4 is 11.8 Å². The number of benzene rings is 1. The van der Waals surface area contributed by atoms with Crippen LogP contribution >= 0.6 is 0 Å². The van der Waals surface area contributed by atoms with Crippen LogP contribution in [-0.2, 0) is 4.79 Å². The highest BCUT2D eigenvalue weighted by molar-refractivity contribution is 5.94. The number of carbonyl (C=O) groups is 1. The van der Waals surface area contributed by atoms with Crippen molar-refractivity contribution in [2.75, 3.05) is 0 Å². The van der Waals surface area contributed by atoms with Crippen molar-refractivity contribution in [1.29, 1.82) is 5.41 Å². The van der Waals surface area contributed by atoms with Gasteiger partial charge >= 0.3 is 12.4 Å². The van der Waals surface area contributed by atoms with Gasteiger partial charge in [-0.15, -0.1) is 0 Å². The van der Waals surface area contributed by atoms with E-state index in [0.717, 1.165) is 5.56 Å². The Morgan fingerprint density at radius 1 is 1.33 bits per heavy atom. The van der Waals surface area contributed by atoms with Crippen LogP contribution in [0.15, 0.2) is 30.3 Å². The molecule has 15 heavy (non-hydrogen) atoms. The zero-order valence-electron chi connectivity index (χ0n) is 7.65. The summed E-state index contributed by atoms with van der Waals surface area (Å²) in [5.41, 5.74) is 5.97. The lowest BCUT2D eigenvalue weighted by Gasteiger charge is -1.93. The lowest BCUT2D eigenvalue weighted by molar-refractivity contribution is -0.149. The molecule has 0 amide bonds. The van der Waals surface area contributed by atoms with Crippen LogP contribution in [0.25, 0.3) is 0 Å². The minimum Gasteiger partial charge on any atom is -0.477 e. The first-order chi connectivity index (χ1) is 6.95. The van der Waals surface area contributed by atoms with Crippen LogP contribution in [0.2, 0.25) is 0 Å². The van der Waals surface area contributed by atoms with Crippen LogP contribution in [0.1, 0.15) is 5.56 Å². The van der Waals surface area contributed by atoms with Gasteiger partial charge in [-0.25, -0.2) is 4.79 Å². The number of amidine groups is 1. The number of nitrogen functional groups attached to an aromatic ring is 1. The van der Waals surface area contributed by atoms with E-state index in [1.807, 2.05) is 30.3 Å². The quantitative estimate of drug-likeness (QED) is 0.514. The second-order valence-corrected chi connectivity index (χ2v) is 2.42. The molecule has 4 N–H and O–H groups in total. The molecule has 0 aromatic heterocycles. The number of carboxylic acids is 1. The van der Waals surface area contributed by atoms with Crippen LogP contribution in [0.3, 0.4) is 0 Å². The van der Waals surface area contributed by atoms with Gasteiger partial charge in [0, 0.05) is 5.56 Å². The summed E-state index contributed by atoms with van der Waals surface area (Å²) in [5.74, 6) is -1.95. The molecular weight excluding hydrogens is 206 g/mol. The third-order valence-corrected chi connectivity index (χ3v) is 1.27. The fourth-order valence-electron chi connectivity index (χ4n) is 0.618. The number of aliphatic carboxylic acids is 1. The number of carboxylic acid groups (broad SMARTS) is 1. The minimum absolute atomic E-state index is 0.121. The maximum absolute atomic E-state index is 10.6. The lowest BCUT2D eigenvalue weighted by Crippen LogP contribution is -2.10. The number of hydrogen-bond acceptors (Lipinski definition) is 2. The normalized spacial score (nSPS) is 9.00. The van der Waals surface area contributed by atoms with Crippen molar-refractivity contribution in [1.82, 2.24) is 0 Å². The summed E-state index contributed by atoms with van der Waals surface area (Å²) in [6.45, 7) is 0. The zero-order valence-corrected chi connectivity index (χ0v) is 7.65. The molecule has 1 aromatic rings. The van der Waals surface area contributed by atoms with Crippen LogP contribution < -0.4 is 5.73 Å². The second kappa shape index (κ2) is 6.47. The van der Waals surface area contributed by atoms with Gasteiger partial charge in [-0.3, -0.25) is 5.41 Å². The van der Waals surface area contributed by atoms with E-state index < -0.39 is 12.4 Å². The van der Waals surface area contributed by atoms with Gasteiger partial charge in [0.15, 0.2) is 0 Å². The predicted octanol–water partition coefficient (Wildman–Crippen LogP) is 1.31. The highest BCUT2D eigenvalue weighted by Gasteiger charge is 2.10. The van der Waals surface area contributed by atoms with Gasteiger partial charge in [-0.2, -0.15) is 8.78 Å². The second-order valence-electron chi connectivity index (χ2n) is 2.42. The highest BCUT2D eigenvalue weighted by Crippen LogP contribution is 1.94. The molecule has 0 aliphatic heterocycles. The Morgan fingerprint density at radius 2 is 1.73 bits per heavy atom. The fourth-order valence-corrected chi connectivity index (χ4v) is 0.618. The average Bonchev–Trinajstić information content (AvgIpc) is 2.20. The Kier molecular flexibility index (Phi) is 5.62. The number of rotatable bonds is 2. The molecule has 0 unspecified atom stereocenters. The molecule has 0 saturated heterocycles. The Bertz CT molecular complexity index is 328. The van der Waals surface area contributed by atoms with Gasteiger partial charge in [0.25, 0.3) is 0 Å². The van der Waals surface area contributed by atoms with Crippen LogP contribution in [-0.4, -0.2) is 23.3 Å². The van der Waals surface area contributed by atoms with E-state index in [4.69, 9.17) is 21.0 Å². The molecule has 0 atom stereocenters. The van der Waals surface area contributed by atoms with E-state index in [1.165, 1.54) is 0 Å². The van der Waals surface area contributed by atoms with Crippen molar-refractivity contribution in [3.63, 3.8) is 0 Å². The standard InChI is InChI=1S/C7H8N2.C2H2F2O2/c8-7(9)6-4-2-1-3-5-6;3-1(4)2(5)6/h1-5H,(H3,8,9);1H,(H,5,6). The van der Waals surface area contributed by atoms with E-state index in [0.29, 0.717) is 0 Å². The number of hydrogen-bond donors (Lipinski definition) is 3. The summed E-state index contributed by atoms with van der Waals surface area (Å²) >= 11 is 0. The smallest absolute Gasteiger partial charge is 0.371 e. The molecule has 0 aliphatic rings. The SMILES string of the molecule is N=C(N)c1ccccc1.O=C(O)C(F)F. The molecule has 6 heteroatoms. The molecular formula is C9H10F2N2O2. The monoisotopic (exact) mass is 216 g/mol. The molecule has 0 bridgehead atoms. The van der Waals surface area contributed by atoms with Gasteiger partial charge in [0.2, 0.25) is 0 Å². The molecule has 1 rings (SSSR count). The molecule has 0 fully saturated rings. The zero-order chi connectivity index (χ0) is 11.8. The number of nitrogens with two attached hydrogens (primary N) is 1. The Balaban J connectivity index is 0.000000288. The topological polar surface area (TPSA) is 87.2 Å². The third-order valence-electron chi connectivity index (χ3n) is 1.27. The van der Waals surface area contributed by atoms with E-state index >= 15 is 0 Å². The number of nitrogens with one attached hydrogen (secondary N) is 1. The predicted molar refractivity (Wildman–Crippen MR) is 51.1 cm³/mol. The van der Waals surface area contributed by atoms with Crippen molar-refractivity contribution in [3.05, 3.63) is 35.9 Å². The van der Waals surface area contributed by atoms with Crippen molar-refractivity contribution in [3.8, 4) is 0 Å². The summed E-state index contributed by atoms with van der Waals surface area (Å²) in [6, 6.07) is 9.23. The maximum atomic E-state index is 10.6. The van der Waals surface area contributed by atoms with Crippen molar-refractivity contribution in [2.24, 2.45) is 5.73 Å². The van der Waals surface area contributed by atoms with E-state index in [9.17, 15) is 8.78 Å². The number of alkyl halides is 2. The van der Waals surface area contributed by atoms with E-state index in [-0.39, 0.29) is 5.84 Å². The molecule has 0 radical (unpaired) electrons. The first-order valence-electron chi connectivity index (χ1n) is 3.85. The molecule has 1 aromatic carbocycles. The number of halogens is 2. The molecule has 0 aliphatic carbocycles. The first-order valence-corrected chi connectivity index (χ1v) is 3.85. The van der Waals surface area contributed by atoms with Gasteiger partial charge < -0.3 is 10.8 Å². The maximum Gasteiger partial charge on any atom is 0.371 e. The molecule has 4 nitrogen and oxygen atoms in total. The highest BCUT2D eigenvalue weighted by atomic mass is 19.3.